The zero-order valence-corrected chi connectivity index (χ0v) is 14.7. The van der Waals surface area contributed by atoms with Gasteiger partial charge in [0.25, 0.3) is 0 Å². The molecule has 0 aliphatic heterocycles. The van der Waals surface area contributed by atoms with Gasteiger partial charge in [-0.3, -0.25) is 0 Å². The fraction of sp³-hybridized carbons (Fsp3) is 0.200. The van der Waals surface area contributed by atoms with Crippen LogP contribution in [0.15, 0.2) is 60.8 Å². The molecule has 3 rings (SSSR count). The molecule has 0 radical (unpaired) electrons. The maximum absolute atomic E-state index is 13.7. The highest BCUT2D eigenvalue weighted by molar-refractivity contribution is 5.55. The number of halogens is 1. The molecule has 134 valence electrons. The molecule has 2 N–H and O–H groups in total. The lowest BCUT2D eigenvalue weighted by Crippen LogP contribution is -2.06. The summed E-state index contributed by atoms with van der Waals surface area (Å²) in [5, 5.41) is 6.25. The molecule has 0 amide bonds. The summed E-state index contributed by atoms with van der Waals surface area (Å²) in [4.78, 5) is 8.61. The summed E-state index contributed by atoms with van der Waals surface area (Å²) in [5.74, 6) is 1.65. The largest absolute Gasteiger partial charge is 0.491 e. The zero-order valence-electron chi connectivity index (χ0n) is 14.7. The van der Waals surface area contributed by atoms with Crippen molar-refractivity contribution in [2.24, 2.45) is 0 Å². The zero-order chi connectivity index (χ0) is 18.4. The Labute approximate surface area is 152 Å². The Hall–Kier alpha value is -3.15. The van der Waals surface area contributed by atoms with Gasteiger partial charge in [-0.2, -0.15) is 4.98 Å². The van der Waals surface area contributed by atoms with Crippen molar-refractivity contribution in [1.29, 1.82) is 0 Å². The molecule has 0 saturated carbocycles. The predicted octanol–water partition coefficient (Wildman–Crippen LogP) is 4.76. The molecular formula is C20H21FN4O. The third kappa shape index (κ3) is 4.92. The number of benzene rings is 2. The average molecular weight is 352 g/mol. The highest BCUT2D eigenvalue weighted by atomic mass is 19.1. The van der Waals surface area contributed by atoms with Crippen LogP contribution in [0.1, 0.15) is 19.4 Å². The Morgan fingerprint density at radius 3 is 2.54 bits per heavy atom. The van der Waals surface area contributed by atoms with Gasteiger partial charge in [0.1, 0.15) is 17.4 Å². The molecule has 0 fully saturated rings. The van der Waals surface area contributed by atoms with E-state index in [2.05, 4.69) is 20.6 Å². The number of hydrogen-bond acceptors (Lipinski definition) is 5. The van der Waals surface area contributed by atoms with Crippen molar-refractivity contribution >= 4 is 17.5 Å². The Morgan fingerprint density at radius 2 is 1.81 bits per heavy atom. The molecule has 0 atom stereocenters. The van der Waals surface area contributed by atoms with Crippen molar-refractivity contribution in [3.8, 4) is 5.75 Å². The second kappa shape index (κ2) is 8.29. The summed E-state index contributed by atoms with van der Waals surface area (Å²) in [6.07, 6.45) is 1.78. The SMILES string of the molecule is CC(C)Oc1ccc(Nc2nccc(NCc3ccccc3F)n2)cc1. The molecule has 2 aromatic carbocycles. The van der Waals surface area contributed by atoms with Gasteiger partial charge in [0.05, 0.1) is 6.10 Å². The first-order chi connectivity index (χ1) is 12.6. The van der Waals surface area contributed by atoms with Gasteiger partial charge in [-0.25, -0.2) is 9.37 Å². The van der Waals surface area contributed by atoms with Gasteiger partial charge in [0, 0.05) is 24.0 Å². The number of ether oxygens (including phenoxy) is 1. The second-order valence-electron chi connectivity index (χ2n) is 6.03. The number of aromatic nitrogens is 2. The van der Waals surface area contributed by atoms with Crippen molar-refractivity contribution in [2.75, 3.05) is 10.6 Å². The van der Waals surface area contributed by atoms with E-state index in [0.29, 0.717) is 23.9 Å². The van der Waals surface area contributed by atoms with Crippen molar-refractivity contribution in [2.45, 2.75) is 26.5 Å². The van der Waals surface area contributed by atoms with Crippen LogP contribution in [0.25, 0.3) is 0 Å². The molecule has 1 aromatic heterocycles. The first-order valence-corrected chi connectivity index (χ1v) is 8.44. The van der Waals surface area contributed by atoms with Crippen LogP contribution in [0.2, 0.25) is 0 Å². The number of anilines is 3. The summed E-state index contributed by atoms with van der Waals surface area (Å²) >= 11 is 0. The van der Waals surface area contributed by atoms with Gasteiger partial charge in [-0.1, -0.05) is 18.2 Å². The highest BCUT2D eigenvalue weighted by Crippen LogP contribution is 2.20. The van der Waals surface area contributed by atoms with Crippen molar-refractivity contribution < 1.29 is 9.13 Å². The number of nitrogens with zero attached hydrogens (tertiary/aromatic N) is 2. The minimum Gasteiger partial charge on any atom is -0.491 e. The molecular weight excluding hydrogens is 331 g/mol. The molecule has 0 saturated heterocycles. The van der Waals surface area contributed by atoms with Crippen LogP contribution in [-0.4, -0.2) is 16.1 Å². The molecule has 0 bridgehead atoms. The predicted molar refractivity (Wildman–Crippen MR) is 101 cm³/mol. The normalized spacial score (nSPS) is 10.6. The first kappa shape index (κ1) is 17.7. The van der Waals surface area contributed by atoms with E-state index in [9.17, 15) is 4.39 Å². The number of rotatable bonds is 7. The summed E-state index contributed by atoms with van der Waals surface area (Å²) in [6.45, 7) is 4.32. The minimum atomic E-state index is -0.240. The average Bonchev–Trinajstić information content (AvgIpc) is 2.63. The van der Waals surface area contributed by atoms with Crippen LogP contribution in [0.5, 0.6) is 5.75 Å². The van der Waals surface area contributed by atoms with Gasteiger partial charge >= 0.3 is 0 Å². The lowest BCUT2D eigenvalue weighted by Gasteiger charge is -2.11. The molecule has 26 heavy (non-hydrogen) atoms. The molecule has 0 spiro atoms. The van der Waals surface area contributed by atoms with Gasteiger partial charge in [-0.15, -0.1) is 0 Å². The van der Waals surface area contributed by atoms with E-state index in [1.54, 1.807) is 30.5 Å². The monoisotopic (exact) mass is 352 g/mol. The summed E-state index contributed by atoms with van der Waals surface area (Å²) in [6, 6.07) is 16.0. The Bertz CT molecular complexity index is 852. The molecule has 6 heteroatoms. The van der Waals surface area contributed by atoms with Crippen molar-refractivity contribution in [3.05, 3.63) is 72.2 Å². The van der Waals surface area contributed by atoms with Gasteiger partial charge in [-0.05, 0) is 50.2 Å². The third-order valence-corrected chi connectivity index (χ3v) is 3.56. The van der Waals surface area contributed by atoms with Crippen LogP contribution >= 0.6 is 0 Å². The van der Waals surface area contributed by atoms with E-state index >= 15 is 0 Å². The smallest absolute Gasteiger partial charge is 0.229 e. The highest BCUT2D eigenvalue weighted by Gasteiger charge is 2.04. The fourth-order valence-corrected chi connectivity index (χ4v) is 2.36. The Balaban J connectivity index is 1.63. The number of nitrogens with one attached hydrogen (secondary N) is 2. The molecule has 0 aliphatic rings. The lowest BCUT2D eigenvalue weighted by atomic mass is 10.2. The van der Waals surface area contributed by atoms with E-state index in [1.165, 1.54) is 6.07 Å². The summed E-state index contributed by atoms with van der Waals surface area (Å²) < 4.78 is 19.3. The van der Waals surface area contributed by atoms with Crippen LogP contribution in [0.4, 0.5) is 21.8 Å². The standard InChI is InChI=1S/C20H21FN4O/c1-14(2)26-17-9-7-16(8-10-17)24-20-22-12-11-19(25-20)23-13-15-5-3-4-6-18(15)21/h3-12,14H,13H2,1-2H3,(H2,22,23,24,25). The maximum Gasteiger partial charge on any atom is 0.229 e. The third-order valence-electron chi connectivity index (χ3n) is 3.56. The summed E-state index contributed by atoms with van der Waals surface area (Å²) in [7, 11) is 0. The topological polar surface area (TPSA) is 59.1 Å². The minimum absolute atomic E-state index is 0.134. The van der Waals surface area contributed by atoms with E-state index < -0.39 is 0 Å². The van der Waals surface area contributed by atoms with Crippen molar-refractivity contribution in [1.82, 2.24) is 9.97 Å². The van der Waals surface area contributed by atoms with E-state index in [0.717, 1.165) is 11.4 Å². The van der Waals surface area contributed by atoms with Crippen LogP contribution in [-0.2, 0) is 6.54 Å². The lowest BCUT2D eigenvalue weighted by molar-refractivity contribution is 0.242. The van der Waals surface area contributed by atoms with Gasteiger partial charge in [0.2, 0.25) is 5.95 Å². The molecule has 0 aliphatic carbocycles. The van der Waals surface area contributed by atoms with Crippen LogP contribution in [0, 0.1) is 5.82 Å². The second-order valence-corrected chi connectivity index (χ2v) is 6.03. The van der Waals surface area contributed by atoms with Crippen LogP contribution < -0.4 is 15.4 Å². The van der Waals surface area contributed by atoms with Gasteiger partial charge in [0.15, 0.2) is 0 Å². The molecule has 3 aromatic rings. The molecule has 1 heterocycles. The quantitative estimate of drug-likeness (QED) is 0.642. The molecule has 0 unspecified atom stereocenters. The fourth-order valence-electron chi connectivity index (χ4n) is 2.36. The Kier molecular flexibility index (Phi) is 5.63. The van der Waals surface area contributed by atoms with E-state index in [4.69, 9.17) is 4.74 Å². The molecule has 5 nitrogen and oxygen atoms in total. The van der Waals surface area contributed by atoms with Crippen LogP contribution in [0.3, 0.4) is 0 Å². The van der Waals surface area contributed by atoms with E-state index in [-0.39, 0.29) is 11.9 Å². The summed E-state index contributed by atoms with van der Waals surface area (Å²) in [5.41, 5.74) is 1.44. The first-order valence-electron chi connectivity index (χ1n) is 8.44. The van der Waals surface area contributed by atoms with Gasteiger partial charge < -0.3 is 15.4 Å². The van der Waals surface area contributed by atoms with Crippen molar-refractivity contribution in [3.63, 3.8) is 0 Å². The maximum atomic E-state index is 13.7. The van der Waals surface area contributed by atoms with E-state index in [1.807, 2.05) is 38.1 Å². The Morgan fingerprint density at radius 1 is 1.04 bits per heavy atom. The number of hydrogen-bond donors (Lipinski definition) is 2.